The second-order valence-electron chi connectivity index (χ2n) is 3.39. The Bertz CT molecular complexity index is 510. The number of hydrogen-bond acceptors (Lipinski definition) is 4. The van der Waals surface area contributed by atoms with E-state index in [1.165, 1.54) is 6.33 Å². The zero-order valence-electron chi connectivity index (χ0n) is 8.80. The molecule has 0 atom stereocenters. The molecule has 0 aromatic carbocycles. The standard InChI is InChI=1S/C9H11N5O/c1-6-4-7(14(3)12-6)8(15)9-11-10-5-13(9)2/h4-5H,1-3H3. The van der Waals surface area contributed by atoms with Crippen molar-refractivity contribution in [2.45, 2.75) is 6.92 Å². The first-order valence-corrected chi connectivity index (χ1v) is 4.49. The quantitative estimate of drug-likeness (QED) is 0.651. The zero-order chi connectivity index (χ0) is 11.0. The van der Waals surface area contributed by atoms with Crippen molar-refractivity contribution in [3.8, 4) is 0 Å². The first-order chi connectivity index (χ1) is 7.09. The van der Waals surface area contributed by atoms with Gasteiger partial charge in [-0.05, 0) is 13.0 Å². The van der Waals surface area contributed by atoms with Gasteiger partial charge < -0.3 is 4.57 Å². The molecule has 0 aliphatic heterocycles. The van der Waals surface area contributed by atoms with Gasteiger partial charge in [-0.25, -0.2) is 0 Å². The number of ketones is 1. The Labute approximate surface area is 86.5 Å². The molecular weight excluding hydrogens is 194 g/mol. The van der Waals surface area contributed by atoms with E-state index in [0.29, 0.717) is 11.5 Å². The third-order valence-electron chi connectivity index (χ3n) is 2.15. The second kappa shape index (κ2) is 3.30. The average Bonchev–Trinajstić information content (AvgIpc) is 2.71. The molecule has 0 N–H and O–H groups in total. The van der Waals surface area contributed by atoms with Crippen molar-refractivity contribution in [3.63, 3.8) is 0 Å². The van der Waals surface area contributed by atoms with Crippen LogP contribution >= 0.6 is 0 Å². The van der Waals surface area contributed by atoms with E-state index in [4.69, 9.17) is 0 Å². The number of rotatable bonds is 2. The van der Waals surface area contributed by atoms with Gasteiger partial charge in [0, 0.05) is 14.1 Å². The number of aryl methyl sites for hydroxylation is 3. The van der Waals surface area contributed by atoms with Gasteiger partial charge in [-0.1, -0.05) is 0 Å². The van der Waals surface area contributed by atoms with Crippen molar-refractivity contribution >= 4 is 5.78 Å². The molecule has 0 saturated heterocycles. The molecule has 0 bridgehead atoms. The lowest BCUT2D eigenvalue weighted by atomic mass is 10.2. The molecule has 6 heteroatoms. The summed E-state index contributed by atoms with van der Waals surface area (Å²) in [6.45, 7) is 1.84. The van der Waals surface area contributed by atoms with Crippen LogP contribution in [0.4, 0.5) is 0 Å². The van der Waals surface area contributed by atoms with E-state index >= 15 is 0 Å². The summed E-state index contributed by atoms with van der Waals surface area (Å²) in [6, 6.07) is 1.73. The predicted molar refractivity (Wildman–Crippen MR) is 52.4 cm³/mol. The molecule has 0 aliphatic rings. The molecule has 0 saturated carbocycles. The van der Waals surface area contributed by atoms with Gasteiger partial charge in [-0.3, -0.25) is 9.48 Å². The summed E-state index contributed by atoms with van der Waals surface area (Å²) in [4.78, 5) is 12.0. The number of aromatic nitrogens is 5. The first-order valence-electron chi connectivity index (χ1n) is 4.49. The van der Waals surface area contributed by atoms with Gasteiger partial charge in [-0.15, -0.1) is 10.2 Å². The minimum absolute atomic E-state index is 0.168. The minimum Gasteiger partial charge on any atom is -0.314 e. The Hall–Kier alpha value is -1.98. The van der Waals surface area contributed by atoms with Crippen molar-refractivity contribution in [1.29, 1.82) is 0 Å². The Morgan fingerprint density at radius 1 is 1.40 bits per heavy atom. The topological polar surface area (TPSA) is 65.6 Å². The molecule has 2 aromatic rings. The Morgan fingerprint density at radius 2 is 2.13 bits per heavy atom. The largest absolute Gasteiger partial charge is 0.314 e. The lowest BCUT2D eigenvalue weighted by molar-refractivity contribution is 0.101. The highest BCUT2D eigenvalue weighted by molar-refractivity contribution is 6.05. The maximum absolute atomic E-state index is 12.0. The molecule has 15 heavy (non-hydrogen) atoms. The van der Waals surface area contributed by atoms with Crippen LogP contribution < -0.4 is 0 Å². The summed E-state index contributed by atoms with van der Waals surface area (Å²) >= 11 is 0. The van der Waals surface area contributed by atoms with Crippen LogP contribution in [-0.2, 0) is 14.1 Å². The molecule has 0 spiro atoms. The Balaban J connectivity index is 2.45. The van der Waals surface area contributed by atoms with Gasteiger partial charge in [-0.2, -0.15) is 5.10 Å². The molecule has 0 fully saturated rings. The molecule has 6 nitrogen and oxygen atoms in total. The van der Waals surface area contributed by atoms with Crippen molar-refractivity contribution in [2.24, 2.45) is 14.1 Å². The van der Waals surface area contributed by atoms with E-state index < -0.39 is 0 Å². The number of carbonyl (C=O) groups excluding carboxylic acids is 1. The molecule has 2 heterocycles. The van der Waals surface area contributed by atoms with Crippen LogP contribution in [0.15, 0.2) is 12.4 Å². The van der Waals surface area contributed by atoms with Crippen LogP contribution in [0.2, 0.25) is 0 Å². The maximum Gasteiger partial charge on any atom is 0.248 e. The van der Waals surface area contributed by atoms with Crippen molar-refractivity contribution in [3.05, 3.63) is 29.6 Å². The van der Waals surface area contributed by atoms with E-state index in [9.17, 15) is 4.79 Å². The monoisotopic (exact) mass is 205 g/mol. The average molecular weight is 205 g/mol. The van der Waals surface area contributed by atoms with Gasteiger partial charge in [0.15, 0.2) is 0 Å². The summed E-state index contributed by atoms with van der Waals surface area (Å²) in [5.74, 6) is 0.149. The maximum atomic E-state index is 12.0. The van der Waals surface area contributed by atoms with Gasteiger partial charge in [0.1, 0.15) is 12.0 Å². The highest BCUT2D eigenvalue weighted by atomic mass is 16.1. The van der Waals surface area contributed by atoms with Crippen LogP contribution in [0.1, 0.15) is 22.0 Å². The normalized spacial score (nSPS) is 10.6. The van der Waals surface area contributed by atoms with Crippen LogP contribution in [0.25, 0.3) is 0 Å². The first kappa shape index (κ1) is 9.57. The van der Waals surface area contributed by atoms with Crippen molar-refractivity contribution in [2.75, 3.05) is 0 Å². The highest BCUT2D eigenvalue weighted by Gasteiger charge is 2.18. The van der Waals surface area contributed by atoms with E-state index in [0.717, 1.165) is 5.69 Å². The van der Waals surface area contributed by atoms with Crippen molar-refractivity contribution in [1.82, 2.24) is 24.5 Å². The zero-order valence-corrected chi connectivity index (χ0v) is 8.80. The molecule has 0 radical (unpaired) electrons. The molecular formula is C9H11N5O. The van der Waals surface area contributed by atoms with Crippen LogP contribution in [0.3, 0.4) is 0 Å². The van der Waals surface area contributed by atoms with Gasteiger partial charge in [0.2, 0.25) is 11.6 Å². The fraction of sp³-hybridized carbons (Fsp3) is 0.333. The van der Waals surface area contributed by atoms with E-state index in [-0.39, 0.29) is 5.78 Å². The predicted octanol–water partition coefficient (Wildman–Crippen LogP) is 0.0880. The minimum atomic E-state index is -0.168. The summed E-state index contributed by atoms with van der Waals surface area (Å²) in [7, 11) is 3.47. The number of hydrogen-bond donors (Lipinski definition) is 0. The van der Waals surface area contributed by atoms with Gasteiger partial charge in [0.05, 0.1) is 5.69 Å². The lowest BCUT2D eigenvalue weighted by Gasteiger charge is -1.99. The van der Waals surface area contributed by atoms with Crippen LogP contribution in [0, 0.1) is 6.92 Å². The van der Waals surface area contributed by atoms with Crippen LogP contribution in [-0.4, -0.2) is 30.3 Å². The van der Waals surface area contributed by atoms with E-state index in [1.54, 1.807) is 29.4 Å². The Morgan fingerprint density at radius 3 is 2.60 bits per heavy atom. The van der Waals surface area contributed by atoms with Crippen molar-refractivity contribution < 1.29 is 4.79 Å². The summed E-state index contributed by atoms with van der Waals surface area (Å²) < 4.78 is 3.14. The third-order valence-corrected chi connectivity index (χ3v) is 2.15. The number of nitrogens with zero attached hydrogens (tertiary/aromatic N) is 5. The molecule has 78 valence electrons. The molecule has 0 unspecified atom stereocenters. The fourth-order valence-corrected chi connectivity index (χ4v) is 1.43. The summed E-state index contributed by atoms with van der Waals surface area (Å²) in [5.41, 5.74) is 1.33. The smallest absolute Gasteiger partial charge is 0.248 e. The summed E-state index contributed by atoms with van der Waals surface area (Å²) in [6.07, 6.45) is 1.50. The Kier molecular flexibility index (Phi) is 2.11. The van der Waals surface area contributed by atoms with Crippen LogP contribution in [0.5, 0.6) is 0 Å². The van der Waals surface area contributed by atoms with Gasteiger partial charge in [0.25, 0.3) is 0 Å². The van der Waals surface area contributed by atoms with E-state index in [2.05, 4.69) is 15.3 Å². The lowest BCUT2D eigenvalue weighted by Crippen LogP contribution is -2.12. The highest BCUT2D eigenvalue weighted by Crippen LogP contribution is 2.07. The molecule has 0 aliphatic carbocycles. The third kappa shape index (κ3) is 1.54. The molecule has 2 rings (SSSR count). The van der Waals surface area contributed by atoms with Gasteiger partial charge >= 0.3 is 0 Å². The number of carbonyl (C=O) groups is 1. The fourth-order valence-electron chi connectivity index (χ4n) is 1.43. The second-order valence-corrected chi connectivity index (χ2v) is 3.39. The molecule has 2 aromatic heterocycles. The van der Waals surface area contributed by atoms with E-state index in [1.807, 2.05) is 6.92 Å². The summed E-state index contributed by atoms with van der Waals surface area (Å²) in [5, 5.41) is 11.5. The SMILES string of the molecule is Cc1cc(C(=O)c2nncn2C)n(C)n1. The molecule has 0 amide bonds.